The van der Waals surface area contributed by atoms with Gasteiger partial charge in [-0.3, -0.25) is 10.0 Å². The molecule has 1 aliphatic rings. The highest BCUT2D eigenvalue weighted by Crippen LogP contribution is 2.53. The normalized spacial score (nSPS) is 25.7. The van der Waals surface area contributed by atoms with Crippen LogP contribution in [0.25, 0.3) is 0 Å². The topological polar surface area (TPSA) is 67.2 Å². The maximum Gasteiger partial charge on any atom is 0.333 e. The van der Waals surface area contributed by atoms with E-state index >= 15 is 0 Å². The van der Waals surface area contributed by atoms with Crippen LogP contribution < -0.4 is 5.48 Å². The van der Waals surface area contributed by atoms with E-state index in [1.54, 1.807) is 18.5 Å². The zero-order valence-electron chi connectivity index (χ0n) is 14.5. The highest BCUT2D eigenvalue weighted by molar-refractivity contribution is 5.88. The van der Waals surface area contributed by atoms with E-state index in [4.69, 9.17) is 0 Å². The zero-order valence-corrected chi connectivity index (χ0v) is 14.5. The molecule has 1 fully saturated rings. The third-order valence-electron chi connectivity index (χ3n) is 5.61. The molecule has 0 spiro atoms. The van der Waals surface area contributed by atoms with Crippen LogP contribution in [-0.4, -0.2) is 20.9 Å². The number of benzene rings is 1. The molecule has 3 rings (SSSR count). The Labute approximate surface area is 148 Å². The molecule has 8 heteroatoms. The number of halogens is 3. The van der Waals surface area contributed by atoms with Gasteiger partial charge in [0.1, 0.15) is 5.82 Å². The Kier molecular flexibility index (Phi) is 4.56. The smallest absolute Gasteiger partial charge is 0.289 e. The molecule has 2 N–H and O–H groups in total. The number of nitrogens with one attached hydrogen (secondary N) is 1. The van der Waals surface area contributed by atoms with E-state index in [9.17, 15) is 23.2 Å². The summed E-state index contributed by atoms with van der Waals surface area (Å²) in [7, 11) is 0. The number of rotatable bonds is 4. The van der Waals surface area contributed by atoms with Crippen LogP contribution in [0.5, 0.6) is 0 Å². The minimum Gasteiger partial charge on any atom is -0.289 e. The molecule has 1 heterocycles. The van der Waals surface area contributed by atoms with Gasteiger partial charge in [0.15, 0.2) is 0 Å². The van der Waals surface area contributed by atoms with Gasteiger partial charge in [-0.05, 0) is 54.4 Å². The quantitative estimate of drug-likeness (QED) is 0.641. The molecule has 0 unspecified atom stereocenters. The molecule has 0 saturated heterocycles. The standard InChI is InChI=1S/C18H20F3N3O2/c1-11-13(4-3-5-14(11)19)18(15(25)23-26)7-6-17(2,10-18)12-8-22-24(9-12)16(20)21/h3-5,8-9,16,26H,6-7,10H2,1-2H3,(H,23,25)/t17-,18+/m1/s1. The van der Waals surface area contributed by atoms with Gasteiger partial charge in [0.05, 0.1) is 11.6 Å². The van der Waals surface area contributed by atoms with Gasteiger partial charge >= 0.3 is 6.55 Å². The second kappa shape index (κ2) is 6.42. The molecule has 1 aromatic carbocycles. The van der Waals surface area contributed by atoms with E-state index in [0.717, 1.165) is 0 Å². The molecule has 1 aliphatic carbocycles. The lowest BCUT2D eigenvalue weighted by Gasteiger charge is -2.31. The van der Waals surface area contributed by atoms with Gasteiger partial charge in [-0.1, -0.05) is 19.1 Å². The highest BCUT2D eigenvalue weighted by Gasteiger charge is 2.53. The largest absolute Gasteiger partial charge is 0.333 e. The molecule has 0 bridgehead atoms. The summed E-state index contributed by atoms with van der Waals surface area (Å²) >= 11 is 0. The fourth-order valence-corrected chi connectivity index (χ4v) is 4.11. The Balaban J connectivity index is 2.06. The zero-order chi connectivity index (χ0) is 19.1. The van der Waals surface area contributed by atoms with E-state index in [1.165, 1.54) is 24.5 Å². The van der Waals surface area contributed by atoms with Crippen molar-refractivity contribution < 1.29 is 23.2 Å². The Morgan fingerprint density at radius 2 is 2.12 bits per heavy atom. The van der Waals surface area contributed by atoms with Gasteiger partial charge in [0.2, 0.25) is 0 Å². The van der Waals surface area contributed by atoms with Crippen molar-refractivity contribution in [2.24, 2.45) is 0 Å². The molecule has 2 aromatic rings. The van der Waals surface area contributed by atoms with Crippen LogP contribution in [0.1, 0.15) is 49.4 Å². The molecule has 1 aromatic heterocycles. The first-order valence-corrected chi connectivity index (χ1v) is 8.26. The number of hydrogen-bond donors (Lipinski definition) is 2. The van der Waals surface area contributed by atoms with Crippen molar-refractivity contribution in [3.8, 4) is 0 Å². The summed E-state index contributed by atoms with van der Waals surface area (Å²) in [6.07, 6.45) is 3.74. The first-order chi connectivity index (χ1) is 12.2. The van der Waals surface area contributed by atoms with Crippen LogP contribution in [0.3, 0.4) is 0 Å². The average molecular weight is 367 g/mol. The van der Waals surface area contributed by atoms with Crippen molar-refractivity contribution in [3.05, 3.63) is 53.1 Å². The fourth-order valence-electron chi connectivity index (χ4n) is 4.11. The molecule has 2 atom stereocenters. The van der Waals surface area contributed by atoms with Crippen LogP contribution in [-0.2, 0) is 15.6 Å². The van der Waals surface area contributed by atoms with E-state index in [2.05, 4.69) is 5.10 Å². The summed E-state index contributed by atoms with van der Waals surface area (Å²) < 4.78 is 40.4. The van der Waals surface area contributed by atoms with E-state index in [1.807, 2.05) is 6.92 Å². The number of alkyl halides is 2. The lowest BCUT2D eigenvalue weighted by molar-refractivity contribution is -0.135. The minimum atomic E-state index is -2.75. The maximum absolute atomic E-state index is 14.1. The fraction of sp³-hybridized carbons (Fsp3) is 0.444. The Bertz CT molecular complexity index is 839. The summed E-state index contributed by atoms with van der Waals surface area (Å²) in [5, 5.41) is 13.0. The third-order valence-corrected chi connectivity index (χ3v) is 5.61. The van der Waals surface area contributed by atoms with Crippen molar-refractivity contribution in [1.29, 1.82) is 0 Å². The van der Waals surface area contributed by atoms with Gasteiger partial charge in [-0.15, -0.1) is 0 Å². The van der Waals surface area contributed by atoms with Crippen LogP contribution in [0, 0.1) is 12.7 Å². The van der Waals surface area contributed by atoms with Crippen molar-refractivity contribution in [1.82, 2.24) is 15.3 Å². The number of carbonyl (C=O) groups is 1. The summed E-state index contributed by atoms with van der Waals surface area (Å²) in [5.74, 6) is -1.07. The van der Waals surface area contributed by atoms with Gasteiger partial charge < -0.3 is 0 Å². The average Bonchev–Trinajstić information content (AvgIpc) is 3.23. The number of aromatic nitrogens is 2. The highest BCUT2D eigenvalue weighted by atomic mass is 19.3. The molecule has 1 amide bonds. The molecule has 140 valence electrons. The van der Waals surface area contributed by atoms with Crippen LogP contribution in [0.4, 0.5) is 13.2 Å². The van der Waals surface area contributed by atoms with Gasteiger partial charge in [0.25, 0.3) is 5.91 Å². The SMILES string of the molecule is Cc1c(F)cccc1[C@]1(C(=O)NO)CC[C@@](C)(c2cnn(C(F)F)c2)C1. The first-order valence-electron chi connectivity index (χ1n) is 8.26. The van der Waals surface area contributed by atoms with Gasteiger partial charge in [-0.2, -0.15) is 13.9 Å². The molecular formula is C18H20F3N3O2. The molecule has 5 nitrogen and oxygen atoms in total. The third kappa shape index (κ3) is 2.78. The summed E-state index contributed by atoms with van der Waals surface area (Å²) in [6.45, 7) is 0.701. The van der Waals surface area contributed by atoms with Crippen LogP contribution in [0.15, 0.2) is 30.6 Å². The van der Waals surface area contributed by atoms with Crippen LogP contribution >= 0.6 is 0 Å². The number of hydroxylamine groups is 1. The second-order valence-electron chi connectivity index (χ2n) is 7.16. The lowest BCUT2D eigenvalue weighted by atomic mass is 9.72. The van der Waals surface area contributed by atoms with E-state index < -0.39 is 29.1 Å². The molecule has 0 radical (unpaired) electrons. The molecule has 1 saturated carbocycles. The van der Waals surface area contributed by atoms with Crippen molar-refractivity contribution >= 4 is 5.91 Å². The number of nitrogens with zero attached hydrogens (tertiary/aromatic N) is 2. The van der Waals surface area contributed by atoms with Gasteiger partial charge in [-0.25, -0.2) is 14.6 Å². The maximum atomic E-state index is 14.1. The minimum absolute atomic E-state index is 0.242. The van der Waals surface area contributed by atoms with Crippen molar-refractivity contribution in [2.45, 2.75) is 50.5 Å². The first kappa shape index (κ1) is 18.4. The van der Waals surface area contributed by atoms with E-state index in [-0.39, 0.29) is 6.42 Å². The Morgan fingerprint density at radius 1 is 1.38 bits per heavy atom. The molecule has 0 aliphatic heterocycles. The predicted molar refractivity (Wildman–Crippen MR) is 87.4 cm³/mol. The van der Waals surface area contributed by atoms with E-state index in [0.29, 0.717) is 34.2 Å². The predicted octanol–water partition coefficient (Wildman–Crippen LogP) is 3.61. The number of carbonyl (C=O) groups excluding carboxylic acids is 1. The van der Waals surface area contributed by atoms with Crippen molar-refractivity contribution in [2.75, 3.05) is 0 Å². The monoisotopic (exact) mass is 367 g/mol. The second-order valence-corrected chi connectivity index (χ2v) is 7.16. The summed E-state index contributed by atoms with van der Waals surface area (Å²) in [4.78, 5) is 12.6. The summed E-state index contributed by atoms with van der Waals surface area (Å²) in [6, 6.07) is 4.50. The number of amides is 1. The molecule has 26 heavy (non-hydrogen) atoms. The summed E-state index contributed by atoms with van der Waals surface area (Å²) in [5.41, 5.74) is 1.35. The number of hydrogen-bond acceptors (Lipinski definition) is 3. The lowest BCUT2D eigenvalue weighted by Crippen LogP contribution is -2.43. The van der Waals surface area contributed by atoms with Crippen molar-refractivity contribution in [3.63, 3.8) is 0 Å². The van der Waals surface area contributed by atoms with Gasteiger partial charge in [0, 0.05) is 6.20 Å². The Morgan fingerprint density at radius 3 is 2.73 bits per heavy atom. The van der Waals surface area contributed by atoms with Crippen LogP contribution in [0.2, 0.25) is 0 Å². The Hall–Kier alpha value is -2.35. The molecular weight excluding hydrogens is 347 g/mol.